The summed E-state index contributed by atoms with van der Waals surface area (Å²) < 4.78 is 5.55. The summed E-state index contributed by atoms with van der Waals surface area (Å²) >= 11 is 0. The van der Waals surface area contributed by atoms with Crippen molar-refractivity contribution in [3.05, 3.63) is 35.9 Å². The van der Waals surface area contributed by atoms with E-state index in [4.69, 9.17) is 4.74 Å². The van der Waals surface area contributed by atoms with Gasteiger partial charge in [-0.05, 0) is 24.3 Å². The van der Waals surface area contributed by atoms with E-state index < -0.39 is 11.4 Å². The van der Waals surface area contributed by atoms with Gasteiger partial charge in [-0.1, -0.05) is 44.2 Å². The van der Waals surface area contributed by atoms with Gasteiger partial charge in [-0.2, -0.15) is 0 Å². The lowest BCUT2D eigenvalue weighted by atomic mass is 9.67. The molecule has 1 aromatic rings. The van der Waals surface area contributed by atoms with Crippen LogP contribution in [0.25, 0.3) is 0 Å². The van der Waals surface area contributed by atoms with Crippen LogP contribution in [-0.4, -0.2) is 28.2 Å². The Morgan fingerprint density at radius 3 is 2.33 bits per heavy atom. The Labute approximate surface area is 108 Å². The zero-order valence-electron chi connectivity index (χ0n) is 11.1. The Morgan fingerprint density at radius 1 is 1.17 bits per heavy atom. The molecule has 1 aliphatic carbocycles. The predicted octanol–water partition coefficient (Wildman–Crippen LogP) is 2.12. The van der Waals surface area contributed by atoms with Crippen molar-refractivity contribution >= 4 is 0 Å². The van der Waals surface area contributed by atoms with Crippen LogP contribution in [0, 0.1) is 5.92 Å². The van der Waals surface area contributed by atoms with Crippen LogP contribution in [0.5, 0.6) is 0 Å². The molecule has 0 amide bonds. The Balaban J connectivity index is 1.87. The number of rotatable bonds is 5. The minimum absolute atomic E-state index is 0.00650. The summed E-state index contributed by atoms with van der Waals surface area (Å²) in [5.74, 6) is -1.37. The van der Waals surface area contributed by atoms with Crippen molar-refractivity contribution in [1.82, 2.24) is 0 Å². The first-order valence-corrected chi connectivity index (χ1v) is 6.60. The fraction of sp³-hybridized carbons (Fsp3) is 0.600. The maximum absolute atomic E-state index is 10.3. The molecule has 100 valence electrons. The molecule has 0 saturated heterocycles. The highest BCUT2D eigenvalue weighted by atomic mass is 16.6. The van der Waals surface area contributed by atoms with E-state index in [9.17, 15) is 10.2 Å². The molecular formula is C15H22O3. The van der Waals surface area contributed by atoms with Gasteiger partial charge >= 0.3 is 0 Å². The smallest absolute Gasteiger partial charge is 0.195 e. The zero-order valence-corrected chi connectivity index (χ0v) is 11.1. The van der Waals surface area contributed by atoms with E-state index in [2.05, 4.69) is 0 Å². The van der Waals surface area contributed by atoms with Gasteiger partial charge in [-0.25, -0.2) is 0 Å². The van der Waals surface area contributed by atoms with Gasteiger partial charge in [-0.15, -0.1) is 0 Å². The predicted molar refractivity (Wildman–Crippen MR) is 70.1 cm³/mol. The van der Waals surface area contributed by atoms with E-state index in [0.29, 0.717) is 19.4 Å². The van der Waals surface area contributed by atoms with Crippen LogP contribution in [0.1, 0.15) is 32.3 Å². The molecule has 2 unspecified atom stereocenters. The Kier molecular flexibility index (Phi) is 3.76. The quantitative estimate of drug-likeness (QED) is 0.787. The average molecular weight is 250 g/mol. The van der Waals surface area contributed by atoms with Gasteiger partial charge in [0, 0.05) is 6.42 Å². The summed E-state index contributed by atoms with van der Waals surface area (Å²) in [6, 6.07) is 10.0. The van der Waals surface area contributed by atoms with Crippen LogP contribution >= 0.6 is 0 Å². The van der Waals surface area contributed by atoms with Gasteiger partial charge < -0.3 is 14.9 Å². The summed E-state index contributed by atoms with van der Waals surface area (Å²) in [4.78, 5) is 0. The van der Waals surface area contributed by atoms with Gasteiger partial charge in [0.15, 0.2) is 5.79 Å². The van der Waals surface area contributed by atoms with E-state index in [1.165, 1.54) is 5.56 Å². The van der Waals surface area contributed by atoms with Gasteiger partial charge in [0.25, 0.3) is 0 Å². The molecule has 0 spiro atoms. The standard InChI is InChI=1S/C15H22O3/c1-12(2)14(16)9-10-15(14,17)18-11-8-13-6-4-3-5-7-13/h3-7,12,16-17H,8-11H2,1-2H3. The Bertz CT molecular complexity index is 390. The molecule has 0 aliphatic heterocycles. The third-order valence-electron chi connectivity index (χ3n) is 4.05. The monoisotopic (exact) mass is 250 g/mol. The fourth-order valence-electron chi connectivity index (χ4n) is 2.51. The number of hydrogen-bond acceptors (Lipinski definition) is 3. The van der Waals surface area contributed by atoms with Crippen molar-refractivity contribution in [2.75, 3.05) is 6.61 Å². The lowest BCUT2D eigenvalue weighted by Gasteiger charge is -2.54. The normalized spacial score (nSPS) is 31.4. The summed E-state index contributed by atoms with van der Waals surface area (Å²) in [7, 11) is 0. The van der Waals surface area contributed by atoms with Crippen molar-refractivity contribution in [3.63, 3.8) is 0 Å². The Hall–Kier alpha value is -0.900. The maximum Gasteiger partial charge on any atom is 0.195 e. The molecule has 18 heavy (non-hydrogen) atoms. The highest BCUT2D eigenvalue weighted by Crippen LogP contribution is 2.47. The van der Waals surface area contributed by atoms with Crippen LogP contribution < -0.4 is 0 Å². The molecule has 1 saturated carbocycles. The topological polar surface area (TPSA) is 49.7 Å². The van der Waals surface area contributed by atoms with Gasteiger partial charge in [0.1, 0.15) is 5.60 Å². The van der Waals surface area contributed by atoms with E-state index in [0.717, 1.165) is 6.42 Å². The third-order valence-corrected chi connectivity index (χ3v) is 4.05. The molecule has 1 fully saturated rings. The summed E-state index contributed by atoms with van der Waals surface area (Å²) in [5, 5.41) is 20.6. The fourth-order valence-corrected chi connectivity index (χ4v) is 2.51. The van der Waals surface area contributed by atoms with Crippen LogP contribution in [0.15, 0.2) is 30.3 Å². The summed E-state index contributed by atoms with van der Waals surface area (Å²) in [6.45, 7) is 4.24. The van der Waals surface area contributed by atoms with Crippen LogP contribution in [-0.2, 0) is 11.2 Å². The van der Waals surface area contributed by atoms with Crippen LogP contribution in [0.3, 0.4) is 0 Å². The van der Waals surface area contributed by atoms with Crippen LogP contribution in [0.4, 0.5) is 0 Å². The highest BCUT2D eigenvalue weighted by molar-refractivity contribution is 5.14. The molecule has 0 heterocycles. The molecule has 3 nitrogen and oxygen atoms in total. The molecule has 2 N–H and O–H groups in total. The second-order valence-corrected chi connectivity index (χ2v) is 5.45. The third kappa shape index (κ3) is 2.30. The molecule has 0 radical (unpaired) electrons. The second kappa shape index (κ2) is 5.00. The molecule has 1 aliphatic rings. The molecular weight excluding hydrogens is 228 g/mol. The van der Waals surface area contributed by atoms with Crippen molar-refractivity contribution in [2.24, 2.45) is 5.92 Å². The van der Waals surface area contributed by atoms with Crippen LogP contribution in [0.2, 0.25) is 0 Å². The largest absolute Gasteiger partial charge is 0.384 e. The molecule has 0 bridgehead atoms. The first kappa shape index (κ1) is 13.5. The first-order valence-electron chi connectivity index (χ1n) is 6.60. The van der Waals surface area contributed by atoms with Crippen molar-refractivity contribution in [3.8, 4) is 0 Å². The van der Waals surface area contributed by atoms with Crippen molar-refractivity contribution in [1.29, 1.82) is 0 Å². The van der Waals surface area contributed by atoms with Gasteiger partial charge in [-0.3, -0.25) is 0 Å². The van der Waals surface area contributed by atoms with E-state index in [-0.39, 0.29) is 5.92 Å². The second-order valence-electron chi connectivity index (χ2n) is 5.45. The Morgan fingerprint density at radius 2 is 1.83 bits per heavy atom. The molecule has 2 atom stereocenters. The van der Waals surface area contributed by atoms with Gasteiger partial charge in [0.2, 0.25) is 0 Å². The number of ether oxygens (including phenoxy) is 1. The van der Waals surface area contributed by atoms with Crippen molar-refractivity contribution in [2.45, 2.75) is 44.5 Å². The lowest BCUT2D eigenvalue weighted by Crippen LogP contribution is -2.67. The average Bonchev–Trinajstić information content (AvgIpc) is 2.37. The van der Waals surface area contributed by atoms with E-state index >= 15 is 0 Å². The number of aliphatic hydroxyl groups is 2. The molecule has 3 heteroatoms. The maximum atomic E-state index is 10.3. The van der Waals surface area contributed by atoms with E-state index in [1.54, 1.807) is 0 Å². The zero-order chi connectivity index (χ0) is 13.2. The minimum atomic E-state index is -1.37. The number of benzene rings is 1. The molecule has 0 aromatic heterocycles. The van der Waals surface area contributed by atoms with Gasteiger partial charge in [0.05, 0.1) is 6.61 Å². The minimum Gasteiger partial charge on any atom is -0.384 e. The first-order chi connectivity index (χ1) is 8.48. The highest BCUT2D eigenvalue weighted by Gasteiger charge is 2.60. The summed E-state index contributed by atoms with van der Waals surface area (Å²) in [5.41, 5.74) is 0.0810. The molecule has 2 rings (SSSR count). The SMILES string of the molecule is CC(C)C1(O)CCC1(O)OCCc1ccccc1. The number of hydrogen-bond donors (Lipinski definition) is 2. The van der Waals surface area contributed by atoms with Crippen molar-refractivity contribution < 1.29 is 14.9 Å². The summed E-state index contributed by atoms with van der Waals surface area (Å²) in [6.07, 6.45) is 1.86. The van der Waals surface area contributed by atoms with E-state index in [1.807, 2.05) is 44.2 Å². The molecule has 1 aromatic carbocycles. The lowest BCUT2D eigenvalue weighted by molar-refractivity contribution is -0.364.